The van der Waals surface area contributed by atoms with E-state index in [0.717, 1.165) is 6.42 Å². The Balaban J connectivity index is 2.05. The Hall–Kier alpha value is -0.860. The predicted octanol–water partition coefficient (Wildman–Crippen LogP) is 4.02. The topological polar surface area (TPSA) is 15.3 Å². The van der Waals surface area contributed by atoms with Gasteiger partial charge in [-0.15, -0.1) is 0 Å². The molecule has 2 nitrogen and oxygen atoms in total. The molecule has 0 radical (unpaired) electrons. The van der Waals surface area contributed by atoms with Crippen molar-refractivity contribution in [3.63, 3.8) is 0 Å². The highest BCUT2D eigenvalue weighted by Gasteiger charge is 2.30. The second-order valence-electron chi connectivity index (χ2n) is 7.30. The third-order valence-electron chi connectivity index (χ3n) is 5.27. The molecule has 1 fully saturated rings. The van der Waals surface area contributed by atoms with Crippen LogP contribution < -0.4 is 5.32 Å². The van der Waals surface area contributed by atoms with Crippen molar-refractivity contribution in [1.29, 1.82) is 0 Å². The summed E-state index contributed by atoms with van der Waals surface area (Å²) in [6.45, 7) is 11.8. The second kappa shape index (κ2) is 6.93. The van der Waals surface area contributed by atoms with Gasteiger partial charge in [0.1, 0.15) is 0 Å². The van der Waals surface area contributed by atoms with Gasteiger partial charge in [-0.25, -0.2) is 0 Å². The Kier molecular flexibility index (Phi) is 5.45. The van der Waals surface area contributed by atoms with Crippen molar-refractivity contribution in [2.75, 3.05) is 20.1 Å². The molecule has 0 aromatic heterocycles. The standard InChI is InChI=1S/C19H32N2/c1-6-16-7-9-17(10-8-16)18(20-5)15(2)21-13-11-19(3,4)12-14-21/h7-10,15,18,20H,6,11-14H2,1-5H3. The number of likely N-dealkylation sites (N-methyl/N-ethyl adjacent to an activating group) is 1. The van der Waals surface area contributed by atoms with Gasteiger partial charge in [-0.1, -0.05) is 45.0 Å². The molecule has 0 bridgehead atoms. The van der Waals surface area contributed by atoms with E-state index in [4.69, 9.17) is 0 Å². The van der Waals surface area contributed by atoms with Gasteiger partial charge in [0.15, 0.2) is 0 Å². The Morgan fingerprint density at radius 3 is 2.19 bits per heavy atom. The van der Waals surface area contributed by atoms with E-state index in [0.29, 0.717) is 17.5 Å². The maximum Gasteiger partial charge on any atom is 0.0473 e. The Morgan fingerprint density at radius 1 is 1.14 bits per heavy atom. The van der Waals surface area contributed by atoms with Crippen LogP contribution in [0.15, 0.2) is 24.3 Å². The minimum absolute atomic E-state index is 0.414. The van der Waals surface area contributed by atoms with Crippen LogP contribution in [0, 0.1) is 5.41 Å². The third-order valence-corrected chi connectivity index (χ3v) is 5.27. The largest absolute Gasteiger partial charge is 0.312 e. The van der Waals surface area contributed by atoms with E-state index in [1.54, 1.807) is 0 Å². The summed E-state index contributed by atoms with van der Waals surface area (Å²) in [4.78, 5) is 2.65. The number of benzene rings is 1. The third kappa shape index (κ3) is 4.08. The molecule has 1 aromatic carbocycles. The average molecular weight is 288 g/mol. The van der Waals surface area contributed by atoms with Gasteiger partial charge in [0.2, 0.25) is 0 Å². The number of rotatable bonds is 5. The lowest BCUT2D eigenvalue weighted by atomic mass is 9.82. The summed E-state index contributed by atoms with van der Waals surface area (Å²) < 4.78 is 0. The first-order valence-corrected chi connectivity index (χ1v) is 8.47. The first-order valence-electron chi connectivity index (χ1n) is 8.47. The molecule has 118 valence electrons. The van der Waals surface area contributed by atoms with Gasteiger partial charge in [0, 0.05) is 12.1 Å². The van der Waals surface area contributed by atoms with Gasteiger partial charge in [-0.3, -0.25) is 4.90 Å². The number of likely N-dealkylation sites (tertiary alicyclic amines) is 1. The SMILES string of the molecule is CCc1ccc(C(NC)C(C)N2CCC(C)(C)CC2)cc1. The average Bonchev–Trinajstić information content (AvgIpc) is 2.48. The highest BCUT2D eigenvalue weighted by atomic mass is 15.2. The Labute approximate surface area is 130 Å². The highest BCUT2D eigenvalue weighted by molar-refractivity contribution is 5.26. The second-order valence-corrected chi connectivity index (χ2v) is 7.30. The Morgan fingerprint density at radius 2 is 1.71 bits per heavy atom. The van der Waals surface area contributed by atoms with Crippen molar-refractivity contribution < 1.29 is 0 Å². The number of hydrogen-bond donors (Lipinski definition) is 1. The number of hydrogen-bond acceptors (Lipinski definition) is 2. The van der Waals surface area contributed by atoms with Gasteiger partial charge in [-0.05, 0) is 62.9 Å². The van der Waals surface area contributed by atoms with Gasteiger partial charge < -0.3 is 5.32 Å². The molecule has 1 saturated heterocycles. The van der Waals surface area contributed by atoms with Gasteiger partial charge in [0.25, 0.3) is 0 Å². The number of nitrogens with one attached hydrogen (secondary N) is 1. The molecule has 1 heterocycles. The maximum atomic E-state index is 3.53. The van der Waals surface area contributed by atoms with E-state index in [-0.39, 0.29) is 0 Å². The molecule has 1 aromatic rings. The van der Waals surface area contributed by atoms with Crippen LogP contribution in [0.25, 0.3) is 0 Å². The summed E-state index contributed by atoms with van der Waals surface area (Å²) >= 11 is 0. The summed E-state index contributed by atoms with van der Waals surface area (Å²) in [5, 5.41) is 3.53. The predicted molar refractivity (Wildman–Crippen MR) is 91.7 cm³/mol. The van der Waals surface area contributed by atoms with Crippen molar-refractivity contribution >= 4 is 0 Å². The molecule has 0 aliphatic carbocycles. The smallest absolute Gasteiger partial charge is 0.0473 e. The molecule has 2 unspecified atom stereocenters. The quantitative estimate of drug-likeness (QED) is 0.880. The first kappa shape index (κ1) is 16.5. The van der Waals surface area contributed by atoms with Crippen LogP contribution >= 0.6 is 0 Å². The molecule has 0 spiro atoms. The molecule has 1 N–H and O–H groups in total. The zero-order chi connectivity index (χ0) is 15.5. The van der Waals surface area contributed by atoms with Crippen LogP contribution in [0.1, 0.15) is 57.7 Å². The van der Waals surface area contributed by atoms with Crippen molar-refractivity contribution in [2.45, 2.75) is 59.0 Å². The lowest BCUT2D eigenvalue weighted by Crippen LogP contribution is -2.47. The summed E-state index contributed by atoms with van der Waals surface area (Å²) in [7, 11) is 2.09. The first-order chi connectivity index (χ1) is 9.96. The van der Waals surface area contributed by atoms with Crippen LogP contribution in [-0.4, -0.2) is 31.1 Å². The molecule has 21 heavy (non-hydrogen) atoms. The summed E-state index contributed by atoms with van der Waals surface area (Å²) in [6, 6.07) is 10.1. The molecule has 2 atom stereocenters. The zero-order valence-corrected chi connectivity index (χ0v) is 14.4. The molecular formula is C19H32N2. The fourth-order valence-electron chi connectivity index (χ4n) is 3.39. The summed E-state index contributed by atoms with van der Waals surface area (Å²) in [5.41, 5.74) is 3.35. The van der Waals surface area contributed by atoms with Gasteiger partial charge >= 0.3 is 0 Å². The fourth-order valence-corrected chi connectivity index (χ4v) is 3.39. The van der Waals surface area contributed by atoms with E-state index >= 15 is 0 Å². The zero-order valence-electron chi connectivity index (χ0n) is 14.4. The Bertz CT molecular complexity index is 425. The monoisotopic (exact) mass is 288 g/mol. The normalized spacial score (nSPS) is 22.0. The minimum atomic E-state index is 0.414. The van der Waals surface area contributed by atoms with Crippen LogP contribution in [0.4, 0.5) is 0 Å². The number of nitrogens with zero attached hydrogens (tertiary/aromatic N) is 1. The van der Waals surface area contributed by atoms with Gasteiger partial charge in [0.05, 0.1) is 0 Å². The molecule has 0 amide bonds. The molecule has 2 rings (SSSR count). The molecule has 0 saturated carbocycles. The van der Waals surface area contributed by atoms with Crippen molar-refractivity contribution in [3.8, 4) is 0 Å². The highest BCUT2D eigenvalue weighted by Crippen LogP contribution is 2.32. The van der Waals surface area contributed by atoms with Crippen LogP contribution in [-0.2, 0) is 6.42 Å². The van der Waals surface area contributed by atoms with E-state index in [1.165, 1.54) is 37.1 Å². The van der Waals surface area contributed by atoms with Crippen LogP contribution in [0.5, 0.6) is 0 Å². The van der Waals surface area contributed by atoms with E-state index in [2.05, 4.69) is 69.2 Å². The van der Waals surface area contributed by atoms with E-state index in [1.807, 2.05) is 0 Å². The molecular weight excluding hydrogens is 256 g/mol. The van der Waals surface area contributed by atoms with Crippen LogP contribution in [0.3, 0.4) is 0 Å². The number of aryl methyl sites for hydroxylation is 1. The maximum absolute atomic E-state index is 3.53. The molecule has 2 heteroatoms. The number of piperidine rings is 1. The lowest BCUT2D eigenvalue weighted by Gasteiger charge is -2.42. The van der Waals surface area contributed by atoms with E-state index in [9.17, 15) is 0 Å². The van der Waals surface area contributed by atoms with Crippen molar-refractivity contribution in [1.82, 2.24) is 10.2 Å². The molecule has 1 aliphatic rings. The van der Waals surface area contributed by atoms with Crippen molar-refractivity contribution in [3.05, 3.63) is 35.4 Å². The summed E-state index contributed by atoms with van der Waals surface area (Å²) in [6.07, 6.45) is 3.73. The van der Waals surface area contributed by atoms with Gasteiger partial charge in [-0.2, -0.15) is 0 Å². The minimum Gasteiger partial charge on any atom is -0.312 e. The van der Waals surface area contributed by atoms with Crippen LogP contribution in [0.2, 0.25) is 0 Å². The summed E-state index contributed by atoms with van der Waals surface area (Å²) in [5.74, 6) is 0. The van der Waals surface area contributed by atoms with E-state index < -0.39 is 0 Å². The fraction of sp³-hybridized carbons (Fsp3) is 0.684. The lowest BCUT2D eigenvalue weighted by molar-refractivity contribution is 0.0844. The van der Waals surface area contributed by atoms with Crippen molar-refractivity contribution in [2.24, 2.45) is 5.41 Å². The molecule has 1 aliphatic heterocycles.